The molecule has 0 aliphatic rings. The molecular weight excluding hydrogens is 302 g/mol. The summed E-state index contributed by atoms with van der Waals surface area (Å²) in [5.74, 6) is 0. The quantitative estimate of drug-likeness (QED) is 0.705. The molecule has 0 saturated carbocycles. The number of benzene rings is 2. The second-order valence-electron chi connectivity index (χ2n) is 4.42. The van der Waals surface area contributed by atoms with Gasteiger partial charge in [0.25, 0.3) is 0 Å². The predicted molar refractivity (Wildman–Crippen MR) is 81.5 cm³/mol. The summed E-state index contributed by atoms with van der Waals surface area (Å²) in [5, 5.41) is 0.761. The van der Waals surface area contributed by atoms with Crippen molar-refractivity contribution in [2.75, 3.05) is 0 Å². The van der Waals surface area contributed by atoms with E-state index in [0.29, 0.717) is 0 Å². The molecule has 2 nitrogen and oxygen atoms in total. The van der Waals surface area contributed by atoms with Crippen molar-refractivity contribution in [3.05, 3.63) is 81.1 Å². The number of pyridine rings is 1. The van der Waals surface area contributed by atoms with Gasteiger partial charge in [0.15, 0.2) is 5.43 Å². The Morgan fingerprint density at radius 3 is 2.53 bits per heavy atom. The lowest BCUT2D eigenvalue weighted by molar-refractivity contribution is 0.822. The first-order chi connectivity index (χ1) is 9.25. The molecule has 0 aliphatic heterocycles. The average molecular weight is 314 g/mol. The van der Waals surface area contributed by atoms with E-state index in [1.807, 2.05) is 48.7 Å². The van der Waals surface area contributed by atoms with Crippen LogP contribution in [0.1, 0.15) is 5.56 Å². The molecule has 0 saturated heterocycles. The van der Waals surface area contributed by atoms with Crippen LogP contribution in [0.5, 0.6) is 0 Å². The SMILES string of the molecule is O=c1ccn(Cc2ccccc2Br)c2ccccc12. The largest absolute Gasteiger partial charge is 0.343 e. The van der Waals surface area contributed by atoms with E-state index in [1.54, 1.807) is 6.07 Å². The number of hydrogen-bond acceptors (Lipinski definition) is 1. The molecule has 0 spiro atoms. The van der Waals surface area contributed by atoms with Crippen LogP contribution in [0.3, 0.4) is 0 Å². The van der Waals surface area contributed by atoms with Gasteiger partial charge in [0.1, 0.15) is 0 Å². The van der Waals surface area contributed by atoms with Crippen LogP contribution in [0.2, 0.25) is 0 Å². The summed E-state index contributed by atoms with van der Waals surface area (Å²) in [6.45, 7) is 0.738. The highest BCUT2D eigenvalue weighted by Crippen LogP contribution is 2.19. The van der Waals surface area contributed by atoms with E-state index >= 15 is 0 Å². The monoisotopic (exact) mass is 313 g/mol. The van der Waals surface area contributed by atoms with E-state index in [4.69, 9.17) is 0 Å². The lowest BCUT2D eigenvalue weighted by atomic mass is 10.2. The first kappa shape index (κ1) is 12.2. The zero-order valence-electron chi connectivity index (χ0n) is 10.2. The Balaban J connectivity index is 2.14. The Hall–Kier alpha value is -1.87. The van der Waals surface area contributed by atoms with Gasteiger partial charge in [-0.2, -0.15) is 0 Å². The summed E-state index contributed by atoms with van der Waals surface area (Å²) in [6, 6.07) is 17.4. The van der Waals surface area contributed by atoms with Crippen LogP contribution in [0.15, 0.2) is 70.1 Å². The molecule has 1 aromatic heterocycles. The second-order valence-corrected chi connectivity index (χ2v) is 5.27. The minimum atomic E-state index is 0.0685. The van der Waals surface area contributed by atoms with Crippen molar-refractivity contribution in [2.45, 2.75) is 6.54 Å². The van der Waals surface area contributed by atoms with Crippen molar-refractivity contribution in [3.63, 3.8) is 0 Å². The zero-order chi connectivity index (χ0) is 13.2. The van der Waals surface area contributed by atoms with E-state index in [1.165, 1.54) is 5.56 Å². The smallest absolute Gasteiger partial charge is 0.189 e. The van der Waals surface area contributed by atoms with Gasteiger partial charge in [-0.3, -0.25) is 4.79 Å². The molecule has 3 aromatic rings. The third-order valence-electron chi connectivity index (χ3n) is 3.18. The van der Waals surface area contributed by atoms with Gasteiger partial charge in [-0.15, -0.1) is 0 Å². The molecule has 0 N–H and O–H groups in total. The number of aromatic nitrogens is 1. The van der Waals surface area contributed by atoms with Crippen molar-refractivity contribution < 1.29 is 0 Å². The van der Waals surface area contributed by atoms with Crippen LogP contribution in [0.25, 0.3) is 10.9 Å². The molecule has 0 atom stereocenters. The number of hydrogen-bond donors (Lipinski definition) is 0. The first-order valence-electron chi connectivity index (χ1n) is 6.07. The van der Waals surface area contributed by atoms with Gasteiger partial charge in [-0.25, -0.2) is 0 Å². The van der Waals surface area contributed by atoms with Crippen LogP contribution in [-0.4, -0.2) is 4.57 Å². The van der Waals surface area contributed by atoms with Crippen molar-refractivity contribution in [2.24, 2.45) is 0 Å². The fraction of sp³-hybridized carbons (Fsp3) is 0.0625. The molecule has 0 radical (unpaired) electrons. The lowest BCUT2D eigenvalue weighted by Gasteiger charge is -2.11. The van der Waals surface area contributed by atoms with Crippen molar-refractivity contribution in [1.82, 2.24) is 4.57 Å². The van der Waals surface area contributed by atoms with Crippen molar-refractivity contribution >= 4 is 26.8 Å². The standard InChI is InChI=1S/C16H12BrNO/c17-14-7-3-1-5-12(14)11-18-10-9-16(19)13-6-2-4-8-15(13)18/h1-10H,11H2. The van der Waals surface area contributed by atoms with E-state index in [9.17, 15) is 4.79 Å². The summed E-state index contributed by atoms with van der Waals surface area (Å²) in [7, 11) is 0. The van der Waals surface area contributed by atoms with Crippen LogP contribution >= 0.6 is 15.9 Å². The van der Waals surface area contributed by atoms with Crippen LogP contribution in [0.4, 0.5) is 0 Å². The molecule has 0 bridgehead atoms. The number of fused-ring (bicyclic) bond motifs is 1. The zero-order valence-corrected chi connectivity index (χ0v) is 11.8. The van der Waals surface area contributed by atoms with Crippen molar-refractivity contribution in [3.8, 4) is 0 Å². The van der Waals surface area contributed by atoms with Gasteiger partial charge >= 0.3 is 0 Å². The van der Waals surface area contributed by atoms with E-state index in [2.05, 4.69) is 26.6 Å². The highest BCUT2D eigenvalue weighted by molar-refractivity contribution is 9.10. The van der Waals surface area contributed by atoms with Gasteiger partial charge in [-0.05, 0) is 23.8 Å². The normalized spacial score (nSPS) is 10.8. The van der Waals surface area contributed by atoms with Gasteiger partial charge in [0.05, 0.1) is 5.52 Å². The number of halogens is 1. The topological polar surface area (TPSA) is 22.0 Å². The Kier molecular flexibility index (Phi) is 3.22. The molecule has 0 fully saturated rings. The highest BCUT2D eigenvalue weighted by atomic mass is 79.9. The molecule has 0 unspecified atom stereocenters. The van der Waals surface area contributed by atoms with Gasteiger partial charge in [0.2, 0.25) is 0 Å². The Morgan fingerprint density at radius 1 is 0.947 bits per heavy atom. The summed E-state index contributed by atoms with van der Waals surface area (Å²) < 4.78 is 3.18. The molecular formula is C16H12BrNO. The summed E-state index contributed by atoms with van der Waals surface area (Å²) in [4.78, 5) is 11.8. The average Bonchev–Trinajstić information content (AvgIpc) is 2.44. The third-order valence-corrected chi connectivity index (χ3v) is 3.96. The maximum Gasteiger partial charge on any atom is 0.189 e. The van der Waals surface area contributed by atoms with E-state index in [0.717, 1.165) is 21.9 Å². The van der Waals surface area contributed by atoms with Gasteiger partial charge in [-0.1, -0.05) is 46.3 Å². The fourth-order valence-electron chi connectivity index (χ4n) is 2.21. The molecule has 2 aromatic carbocycles. The second kappa shape index (κ2) is 5.02. The van der Waals surface area contributed by atoms with Gasteiger partial charge in [0, 0.05) is 28.7 Å². The third kappa shape index (κ3) is 2.34. The van der Waals surface area contributed by atoms with Crippen molar-refractivity contribution in [1.29, 1.82) is 0 Å². The number of rotatable bonds is 2. The number of nitrogens with zero attached hydrogens (tertiary/aromatic N) is 1. The fourth-order valence-corrected chi connectivity index (χ4v) is 2.62. The number of para-hydroxylation sites is 1. The maximum absolute atomic E-state index is 11.8. The Morgan fingerprint density at radius 2 is 1.68 bits per heavy atom. The molecule has 1 heterocycles. The van der Waals surface area contributed by atoms with Crippen LogP contribution in [-0.2, 0) is 6.54 Å². The Labute approximate surface area is 119 Å². The summed E-state index contributed by atoms with van der Waals surface area (Å²) in [5.41, 5.74) is 2.22. The highest BCUT2D eigenvalue weighted by Gasteiger charge is 2.04. The molecule has 3 heteroatoms. The lowest BCUT2D eigenvalue weighted by Crippen LogP contribution is -2.08. The van der Waals surface area contributed by atoms with Crippen LogP contribution < -0.4 is 5.43 Å². The predicted octanol–water partition coefficient (Wildman–Crippen LogP) is 3.81. The molecule has 19 heavy (non-hydrogen) atoms. The Bertz CT molecular complexity index is 792. The summed E-state index contributed by atoms with van der Waals surface area (Å²) in [6.07, 6.45) is 1.85. The minimum absolute atomic E-state index is 0.0685. The summed E-state index contributed by atoms with van der Waals surface area (Å²) >= 11 is 3.56. The van der Waals surface area contributed by atoms with E-state index < -0.39 is 0 Å². The van der Waals surface area contributed by atoms with Gasteiger partial charge < -0.3 is 4.57 Å². The maximum atomic E-state index is 11.8. The van der Waals surface area contributed by atoms with E-state index in [-0.39, 0.29) is 5.43 Å². The van der Waals surface area contributed by atoms with Crippen LogP contribution in [0, 0.1) is 0 Å². The first-order valence-corrected chi connectivity index (χ1v) is 6.86. The molecule has 94 valence electrons. The molecule has 3 rings (SSSR count). The molecule has 0 amide bonds. The minimum Gasteiger partial charge on any atom is -0.343 e. The molecule has 0 aliphatic carbocycles.